The number of ether oxygens (including phenoxy) is 1. The van der Waals surface area contributed by atoms with Crippen molar-refractivity contribution in [1.29, 1.82) is 0 Å². The van der Waals surface area contributed by atoms with Crippen molar-refractivity contribution >= 4 is 6.29 Å². The molecule has 3 nitrogen and oxygen atoms in total. The van der Waals surface area contributed by atoms with E-state index in [1.54, 1.807) is 7.11 Å². The molecule has 0 heterocycles. The van der Waals surface area contributed by atoms with Gasteiger partial charge in [0, 0.05) is 13.7 Å². The minimum absolute atomic E-state index is 0.420. The Hall–Kier alpha value is -0.410. The number of nitrogens with one attached hydrogen (secondary N) is 1. The molecule has 0 amide bonds. The van der Waals surface area contributed by atoms with Crippen LogP contribution >= 0.6 is 0 Å². The van der Waals surface area contributed by atoms with Gasteiger partial charge in [0.2, 0.25) is 0 Å². The minimum atomic E-state index is 0.420. The summed E-state index contributed by atoms with van der Waals surface area (Å²) in [5.74, 6) is 0. The van der Waals surface area contributed by atoms with E-state index < -0.39 is 0 Å². The van der Waals surface area contributed by atoms with E-state index in [0.29, 0.717) is 13.2 Å². The number of rotatable bonds is 5. The van der Waals surface area contributed by atoms with Crippen molar-refractivity contribution in [1.82, 2.24) is 5.32 Å². The summed E-state index contributed by atoms with van der Waals surface area (Å²) in [7, 11) is 1.63. The molecule has 0 spiro atoms. The Balaban J connectivity index is 2.62. The molecule has 0 radical (unpaired) electrons. The molecule has 0 aliphatic rings. The highest BCUT2D eigenvalue weighted by Gasteiger charge is 1.80. The summed E-state index contributed by atoms with van der Waals surface area (Å²) in [5, 5.41) is 2.84. The zero-order valence-corrected chi connectivity index (χ0v) is 5.02. The lowest BCUT2D eigenvalue weighted by molar-refractivity contribution is -0.107. The number of aldehydes is 1. The molecule has 0 fully saturated rings. The molecular formula is C5H11NO2. The summed E-state index contributed by atoms with van der Waals surface area (Å²) in [5.41, 5.74) is 0. The fraction of sp³-hybridized carbons (Fsp3) is 0.800. The maximum atomic E-state index is 9.66. The quantitative estimate of drug-likeness (QED) is 0.387. The van der Waals surface area contributed by atoms with Crippen LogP contribution in [-0.4, -0.2) is 33.1 Å². The maximum absolute atomic E-state index is 9.66. The van der Waals surface area contributed by atoms with E-state index in [1.807, 2.05) is 0 Å². The van der Waals surface area contributed by atoms with Crippen molar-refractivity contribution in [2.75, 3.05) is 26.8 Å². The number of methoxy groups -OCH3 is 1. The van der Waals surface area contributed by atoms with Crippen LogP contribution in [0.5, 0.6) is 0 Å². The smallest absolute Gasteiger partial charge is 0.133 e. The van der Waals surface area contributed by atoms with E-state index in [4.69, 9.17) is 4.74 Å². The standard InChI is InChI=1S/C5H11NO2/c1-8-5-3-6-2-4-7/h4,6H,2-3,5H2,1H3. The van der Waals surface area contributed by atoms with Crippen molar-refractivity contribution in [3.63, 3.8) is 0 Å². The Morgan fingerprint density at radius 1 is 1.75 bits per heavy atom. The topological polar surface area (TPSA) is 38.3 Å². The molecule has 0 aliphatic carbocycles. The molecule has 0 saturated heterocycles. The van der Waals surface area contributed by atoms with Gasteiger partial charge in [0.25, 0.3) is 0 Å². The largest absolute Gasteiger partial charge is 0.383 e. The Kier molecular flexibility index (Phi) is 6.25. The summed E-state index contributed by atoms with van der Waals surface area (Å²) >= 11 is 0. The predicted octanol–water partition coefficient (Wildman–Crippen LogP) is -0.579. The van der Waals surface area contributed by atoms with Crippen molar-refractivity contribution < 1.29 is 9.53 Å². The molecule has 0 unspecified atom stereocenters. The van der Waals surface area contributed by atoms with Gasteiger partial charge in [0.1, 0.15) is 6.29 Å². The fourth-order valence-electron chi connectivity index (χ4n) is 0.335. The van der Waals surface area contributed by atoms with Crippen molar-refractivity contribution in [2.45, 2.75) is 0 Å². The predicted molar refractivity (Wildman–Crippen MR) is 30.8 cm³/mol. The average molecular weight is 117 g/mol. The first kappa shape index (κ1) is 7.59. The summed E-state index contributed by atoms with van der Waals surface area (Å²) in [6.07, 6.45) is 0.829. The lowest BCUT2D eigenvalue weighted by Gasteiger charge is -1.95. The van der Waals surface area contributed by atoms with Crippen molar-refractivity contribution in [3.8, 4) is 0 Å². The van der Waals surface area contributed by atoms with E-state index in [9.17, 15) is 4.79 Å². The van der Waals surface area contributed by atoms with E-state index >= 15 is 0 Å². The first-order valence-electron chi connectivity index (χ1n) is 2.55. The molecule has 0 rings (SSSR count). The molecule has 0 aliphatic heterocycles. The Labute approximate surface area is 49.0 Å². The second kappa shape index (κ2) is 6.59. The van der Waals surface area contributed by atoms with Crippen molar-refractivity contribution in [3.05, 3.63) is 0 Å². The van der Waals surface area contributed by atoms with Gasteiger partial charge in [0.05, 0.1) is 13.2 Å². The Bertz CT molecular complexity index is 56.4. The van der Waals surface area contributed by atoms with Gasteiger partial charge in [-0.15, -0.1) is 0 Å². The Morgan fingerprint density at radius 2 is 2.50 bits per heavy atom. The highest BCUT2D eigenvalue weighted by Crippen LogP contribution is 1.60. The molecule has 48 valence electrons. The summed E-state index contributed by atoms with van der Waals surface area (Å²) in [6, 6.07) is 0. The third kappa shape index (κ3) is 5.59. The van der Waals surface area contributed by atoms with Gasteiger partial charge in [-0.05, 0) is 0 Å². The number of carbonyl (C=O) groups is 1. The molecule has 8 heavy (non-hydrogen) atoms. The van der Waals surface area contributed by atoms with Gasteiger partial charge >= 0.3 is 0 Å². The first-order valence-corrected chi connectivity index (χ1v) is 2.55. The summed E-state index contributed by atoms with van der Waals surface area (Å²) < 4.78 is 4.71. The van der Waals surface area contributed by atoms with Crippen molar-refractivity contribution in [2.24, 2.45) is 0 Å². The molecule has 1 N–H and O–H groups in total. The highest BCUT2D eigenvalue weighted by molar-refractivity contribution is 5.51. The molecule has 0 aromatic heterocycles. The third-order valence-corrected chi connectivity index (χ3v) is 0.711. The SMILES string of the molecule is COCCNCC=O. The van der Waals surface area contributed by atoms with Crippen LogP contribution in [0.4, 0.5) is 0 Å². The molecule has 0 aromatic rings. The first-order chi connectivity index (χ1) is 3.91. The zero-order chi connectivity index (χ0) is 6.24. The lowest BCUT2D eigenvalue weighted by Crippen LogP contribution is -2.20. The van der Waals surface area contributed by atoms with Crippen LogP contribution in [0.2, 0.25) is 0 Å². The molecule has 0 saturated carbocycles. The van der Waals surface area contributed by atoms with Crippen LogP contribution in [0.3, 0.4) is 0 Å². The van der Waals surface area contributed by atoms with Gasteiger partial charge in [-0.3, -0.25) is 0 Å². The second-order valence-corrected chi connectivity index (χ2v) is 1.36. The third-order valence-electron chi connectivity index (χ3n) is 0.711. The van der Waals surface area contributed by atoms with Crippen LogP contribution in [0, 0.1) is 0 Å². The normalized spacial score (nSPS) is 9.12. The van der Waals surface area contributed by atoms with Crippen LogP contribution in [0.25, 0.3) is 0 Å². The molecule has 3 heteroatoms. The lowest BCUT2D eigenvalue weighted by atomic mass is 10.6. The summed E-state index contributed by atoms with van der Waals surface area (Å²) in [6.45, 7) is 1.83. The van der Waals surface area contributed by atoms with Gasteiger partial charge in [-0.2, -0.15) is 0 Å². The minimum Gasteiger partial charge on any atom is -0.383 e. The zero-order valence-electron chi connectivity index (χ0n) is 5.02. The average Bonchev–Trinajstić information content (AvgIpc) is 1.81. The van der Waals surface area contributed by atoms with Gasteiger partial charge in [-0.1, -0.05) is 0 Å². The molecule has 0 bridgehead atoms. The molecular weight excluding hydrogens is 106 g/mol. The van der Waals surface area contributed by atoms with E-state index in [0.717, 1.165) is 12.8 Å². The van der Waals surface area contributed by atoms with Crippen LogP contribution in [0.1, 0.15) is 0 Å². The van der Waals surface area contributed by atoms with Gasteiger partial charge in [0.15, 0.2) is 0 Å². The van der Waals surface area contributed by atoms with E-state index in [-0.39, 0.29) is 0 Å². The molecule has 0 aromatic carbocycles. The highest BCUT2D eigenvalue weighted by atomic mass is 16.5. The van der Waals surface area contributed by atoms with Crippen LogP contribution in [-0.2, 0) is 9.53 Å². The number of carbonyl (C=O) groups excluding carboxylic acids is 1. The number of hydrogen-bond donors (Lipinski definition) is 1. The van der Waals surface area contributed by atoms with E-state index in [2.05, 4.69) is 5.32 Å². The second-order valence-electron chi connectivity index (χ2n) is 1.36. The monoisotopic (exact) mass is 117 g/mol. The van der Waals surface area contributed by atoms with Crippen LogP contribution < -0.4 is 5.32 Å². The van der Waals surface area contributed by atoms with E-state index in [1.165, 1.54) is 0 Å². The number of hydrogen-bond acceptors (Lipinski definition) is 3. The van der Waals surface area contributed by atoms with Gasteiger partial charge < -0.3 is 14.8 Å². The van der Waals surface area contributed by atoms with Gasteiger partial charge in [-0.25, -0.2) is 0 Å². The van der Waals surface area contributed by atoms with Crippen LogP contribution in [0.15, 0.2) is 0 Å². The summed E-state index contributed by atoms with van der Waals surface area (Å²) in [4.78, 5) is 9.66. The maximum Gasteiger partial charge on any atom is 0.133 e. The fourth-order valence-corrected chi connectivity index (χ4v) is 0.335. The molecule has 0 atom stereocenters. The Morgan fingerprint density at radius 3 is 3.00 bits per heavy atom.